The number of nitrogens with one attached hydrogen (secondary N) is 4. The molecule has 4 fully saturated rings. The zero-order chi connectivity index (χ0) is 30.2. The highest BCUT2D eigenvalue weighted by atomic mass is 16.3. The number of nitrogens with two attached hydrogens (primary N) is 1. The summed E-state index contributed by atoms with van der Waals surface area (Å²) < 4.78 is 0. The van der Waals surface area contributed by atoms with Crippen molar-refractivity contribution in [2.75, 3.05) is 46.3 Å². The molecule has 7 N–H and O–H groups in total. The lowest BCUT2D eigenvalue weighted by Crippen LogP contribution is -2.59. The van der Waals surface area contributed by atoms with Crippen LogP contribution in [0.4, 0.5) is 0 Å². The van der Waals surface area contributed by atoms with Gasteiger partial charge in [0.05, 0.1) is 6.10 Å². The maximum atomic E-state index is 11.9. The van der Waals surface area contributed by atoms with E-state index in [2.05, 4.69) is 42.0 Å². The van der Waals surface area contributed by atoms with Gasteiger partial charge in [-0.1, -0.05) is 20.8 Å². The van der Waals surface area contributed by atoms with Crippen LogP contribution in [0.3, 0.4) is 0 Å². The van der Waals surface area contributed by atoms with Crippen molar-refractivity contribution in [1.82, 2.24) is 21.3 Å². The first-order valence-electron chi connectivity index (χ1n) is 18.0. The summed E-state index contributed by atoms with van der Waals surface area (Å²) in [6, 6.07) is 0.609. The van der Waals surface area contributed by atoms with Crippen LogP contribution in [-0.2, 0) is 4.79 Å². The van der Waals surface area contributed by atoms with Gasteiger partial charge in [0.15, 0.2) is 0 Å². The molecule has 7 nitrogen and oxygen atoms in total. The van der Waals surface area contributed by atoms with Gasteiger partial charge < -0.3 is 32.1 Å². The lowest BCUT2D eigenvalue weighted by atomic mass is 9.43. The van der Waals surface area contributed by atoms with Gasteiger partial charge >= 0.3 is 0 Å². The third kappa shape index (κ3) is 7.91. The topological polar surface area (TPSA) is 111 Å². The monoisotopic (exact) mass is 590 g/mol. The molecule has 0 aromatic carbocycles. The smallest absolute Gasteiger partial charge is 0.219 e. The Balaban J connectivity index is 1.20. The number of carbonyl (C=O) groups excluding carboxylic acids is 1. The van der Waals surface area contributed by atoms with Crippen LogP contribution >= 0.6 is 0 Å². The van der Waals surface area contributed by atoms with Gasteiger partial charge in [0, 0.05) is 19.5 Å². The van der Waals surface area contributed by atoms with Crippen LogP contribution in [0.25, 0.3) is 0 Å². The van der Waals surface area contributed by atoms with Crippen LogP contribution in [0.2, 0.25) is 0 Å². The summed E-state index contributed by atoms with van der Waals surface area (Å²) in [6.07, 6.45) is 16.2. The molecule has 42 heavy (non-hydrogen) atoms. The lowest BCUT2D eigenvalue weighted by Gasteiger charge is -2.62. The molecule has 5 unspecified atom stereocenters. The Labute approximate surface area is 258 Å². The number of fused-ring (bicyclic) bond motifs is 5. The second-order valence-corrected chi connectivity index (χ2v) is 15.3. The van der Waals surface area contributed by atoms with E-state index in [0.717, 1.165) is 58.5 Å². The first-order valence-corrected chi connectivity index (χ1v) is 18.0. The van der Waals surface area contributed by atoms with Crippen LogP contribution in [0.15, 0.2) is 0 Å². The standard InChI is InChI=1S/C35H67N5O2/c1-25(9-12-32(42)37-4)28-10-11-29-33-30(14-16-35(28,29)3)34(2)15-13-27(23-26(34)24-31(33)41)40-22-8-21-39-19-6-5-18-38-20-7-17-36/h25-31,33,38-41H,5-24,36H2,1-4H3,(H,37,42)/t25-,26?,27+,28?,29?,30?,31-,33?,34+,35-/m1/s1. The van der Waals surface area contributed by atoms with E-state index in [1.807, 2.05) is 0 Å². The van der Waals surface area contributed by atoms with Crippen molar-refractivity contribution in [3.05, 3.63) is 0 Å². The fourth-order valence-corrected chi connectivity index (χ4v) is 10.6. The minimum absolute atomic E-state index is 0.142. The summed E-state index contributed by atoms with van der Waals surface area (Å²) in [5, 5.41) is 25.5. The number of aliphatic hydroxyl groups is 1. The van der Waals surface area contributed by atoms with Gasteiger partial charge in [0.1, 0.15) is 0 Å². The Kier molecular flexibility index (Phi) is 13.0. The average molecular weight is 590 g/mol. The van der Waals surface area contributed by atoms with Crippen LogP contribution < -0.4 is 27.0 Å². The van der Waals surface area contributed by atoms with E-state index < -0.39 is 0 Å². The second kappa shape index (κ2) is 16.0. The van der Waals surface area contributed by atoms with Crippen LogP contribution in [0.5, 0.6) is 0 Å². The summed E-state index contributed by atoms with van der Waals surface area (Å²) in [5.41, 5.74) is 6.24. The van der Waals surface area contributed by atoms with E-state index in [-0.39, 0.29) is 12.0 Å². The van der Waals surface area contributed by atoms with Gasteiger partial charge in [-0.15, -0.1) is 0 Å². The van der Waals surface area contributed by atoms with Crippen molar-refractivity contribution < 1.29 is 9.90 Å². The normalized spacial score (nSPS) is 38.4. The molecule has 0 aliphatic heterocycles. The highest BCUT2D eigenvalue weighted by molar-refractivity contribution is 5.75. The van der Waals surface area contributed by atoms with Gasteiger partial charge in [0.25, 0.3) is 0 Å². The largest absolute Gasteiger partial charge is 0.393 e. The lowest BCUT2D eigenvalue weighted by molar-refractivity contribution is -0.167. The zero-order valence-corrected chi connectivity index (χ0v) is 27.7. The van der Waals surface area contributed by atoms with Gasteiger partial charge in [-0.2, -0.15) is 0 Å². The van der Waals surface area contributed by atoms with Crippen molar-refractivity contribution >= 4 is 5.91 Å². The molecule has 0 saturated heterocycles. The van der Waals surface area contributed by atoms with Gasteiger partial charge in [0.2, 0.25) is 5.91 Å². The van der Waals surface area contributed by atoms with E-state index in [1.165, 1.54) is 64.2 Å². The Morgan fingerprint density at radius 2 is 1.55 bits per heavy atom. The van der Waals surface area contributed by atoms with Crippen LogP contribution in [0.1, 0.15) is 111 Å². The van der Waals surface area contributed by atoms with Gasteiger partial charge in [-0.3, -0.25) is 4.79 Å². The number of carbonyl (C=O) groups is 1. The van der Waals surface area contributed by atoms with Crippen molar-refractivity contribution in [1.29, 1.82) is 0 Å². The summed E-state index contributed by atoms with van der Waals surface area (Å²) in [7, 11) is 1.75. The number of aliphatic hydroxyl groups excluding tert-OH is 1. The van der Waals surface area contributed by atoms with Gasteiger partial charge in [-0.05, 0) is 169 Å². The molecule has 244 valence electrons. The Hall–Kier alpha value is -0.730. The van der Waals surface area contributed by atoms with E-state index >= 15 is 0 Å². The summed E-state index contributed by atoms with van der Waals surface area (Å²) >= 11 is 0. The predicted octanol–water partition coefficient (Wildman–Crippen LogP) is 4.43. The highest BCUT2D eigenvalue weighted by Crippen LogP contribution is 2.68. The Morgan fingerprint density at radius 1 is 0.881 bits per heavy atom. The average Bonchev–Trinajstić information content (AvgIpc) is 3.34. The van der Waals surface area contributed by atoms with E-state index in [0.29, 0.717) is 58.8 Å². The molecule has 1 amide bonds. The molecular weight excluding hydrogens is 522 g/mol. The first-order chi connectivity index (χ1) is 20.2. The van der Waals surface area contributed by atoms with Gasteiger partial charge in [-0.25, -0.2) is 0 Å². The Morgan fingerprint density at radius 3 is 2.26 bits per heavy atom. The molecule has 4 saturated carbocycles. The number of hydrogen-bond acceptors (Lipinski definition) is 6. The summed E-state index contributed by atoms with van der Waals surface area (Å²) in [4.78, 5) is 11.9. The summed E-state index contributed by atoms with van der Waals surface area (Å²) in [6.45, 7) is 13.8. The fourth-order valence-electron chi connectivity index (χ4n) is 10.6. The Bertz CT molecular complexity index is 827. The van der Waals surface area contributed by atoms with Crippen LogP contribution in [0, 0.1) is 46.3 Å². The molecule has 4 aliphatic carbocycles. The van der Waals surface area contributed by atoms with E-state index in [9.17, 15) is 9.90 Å². The highest BCUT2D eigenvalue weighted by Gasteiger charge is 2.62. The van der Waals surface area contributed by atoms with Crippen molar-refractivity contribution in [3.63, 3.8) is 0 Å². The molecule has 0 radical (unpaired) electrons. The van der Waals surface area contributed by atoms with E-state index in [4.69, 9.17) is 5.73 Å². The molecule has 0 aromatic rings. The minimum Gasteiger partial charge on any atom is -0.393 e. The molecule has 10 atom stereocenters. The predicted molar refractivity (Wildman–Crippen MR) is 174 cm³/mol. The van der Waals surface area contributed by atoms with Crippen molar-refractivity contribution in [2.45, 2.75) is 123 Å². The SMILES string of the molecule is CNC(=O)CC[C@@H](C)C1CCC2C3C(CC[C@@]21C)[C@@]1(C)CC[C@H](NCCCNCCCCNCCCN)CC1C[C@H]3O. The van der Waals surface area contributed by atoms with E-state index in [1.54, 1.807) is 7.05 Å². The molecule has 4 aliphatic rings. The number of amides is 1. The number of unbranched alkanes of at least 4 members (excludes halogenated alkanes) is 1. The molecular formula is C35H67N5O2. The third-order valence-electron chi connectivity index (χ3n) is 13.0. The van der Waals surface area contributed by atoms with Crippen molar-refractivity contribution in [2.24, 2.45) is 52.1 Å². The molecule has 0 heterocycles. The third-order valence-corrected chi connectivity index (χ3v) is 13.0. The maximum Gasteiger partial charge on any atom is 0.219 e. The number of rotatable bonds is 17. The molecule has 4 rings (SSSR count). The molecule has 0 bridgehead atoms. The quantitative estimate of drug-likeness (QED) is 0.140. The summed E-state index contributed by atoms with van der Waals surface area (Å²) in [5.74, 6) is 3.86. The second-order valence-electron chi connectivity index (χ2n) is 15.3. The molecule has 0 spiro atoms. The fraction of sp³-hybridized carbons (Fsp3) is 0.971. The zero-order valence-electron chi connectivity index (χ0n) is 27.7. The molecule has 7 heteroatoms. The first kappa shape index (κ1) is 34.1. The number of hydrogen-bond donors (Lipinski definition) is 6. The molecule has 0 aromatic heterocycles. The minimum atomic E-state index is -0.142. The maximum absolute atomic E-state index is 11.9. The van der Waals surface area contributed by atoms with Crippen LogP contribution in [-0.4, -0.2) is 69.5 Å². The van der Waals surface area contributed by atoms with Crippen molar-refractivity contribution in [3.8, 4) is 0 Å².